The van der Waals surface area contributed by atoms with E-state index >= 15 is 0 Å². The molecule has 1 aliphatic rings. The number of thiophene rings is 2. The fraction of sp³-hybridized carbons (Fsp3) is 0.280. The Labute approximate surface area is 191 Å². The zero-order chi connectivity index (χ0) is 21.2. The molecule has 0 amide bonds. The number of hydrogen-bond acceptors (Lipinski definition) is 6. The highest BCUT2D eigenvalue weighted by Gasteiger charge is 2.17. The normalized spacial score (nSPS) is 14.6. The predicted molar refractivity (Wildman–Crippen MR) is 134 cm³/mol. The molecule has 0 radical (unpaired) electrons. The Hall–Kier alpha value is -2.70. The molecule has 1 fully saturated rings. The molecule has 0 aliphatic carbocycles. The van der Waals surface area contributed by atoms with Crippen LogP contribution in [0.4, 0.5) is 11.6 Å². The zero-order valence-electron chi connectivity index (χ0n) is 17.9. The Morgan fingerprint density at radius 2 is 1.10 bits per heavy atom. The average Bonchev–Trinajstić information content (AvgIpc) is 3.35. The first-order chi connectivity index (χ1) is 15.2. The lowest BCUT2D eigenvalue weighted by molar-refractivity contribution is 0.794. The molecule has 0 saturated carbocycles. The predicted octanol–water partition coefficient (Wildman–Crippen LogP) is 6.27. The van der Waals surface area contributed by atoms with E-state index < -0.39 is 0 Å². The van der Waals surface area contributed by atoms with Crippen molar-refractivity contribution in [2.75, 3.05) is 36.0 Å². The van der Waals surface area contributed by atoms with E-state index in [2.05, 4.69) is 72.2 Å². The van der Waals surface area contributed by atoms with Crippen LogP contribution < -0.4 is 9.80 Å². The third-order valence-electron chi connectivity index (χ3n) is 5.69. The fourth-order valence-corrected chi connectivity index (χ4v) is 5.71. The van der Waals surface area contributed by atoms with Gasteiger partial charge >= 0.3 is 0 Å². The smallest absolute Gasteiger partial charge is 0.128 e. The van der Waals surface area contributed by atoms with Crippen LogP contribution in [0.1, 0.15) is 16.2 Å². The van der Waals surface area contributed by atoms with Gasteiger partial charge < -0.3 is 9.80 Å². The maximum atomic E-state index is 4.77. The summed E-state index contributed by atoms with van der Waals surface area (Å²) < 4.78 is 0. The SMILES string of the molecule is Cc1ccc(-c2ccc(N3CCCN(c4ccc(-c5ccc(C)s5)cn4)CC3)nc2)s1. The molecule has 5 rings (SSSR count). The minimum Gasteiger partial charge on any atom is -0.355 e. The monoisotopic (exact) mass is 446 g/mol. The van der Waals surface area contributed by atoms with Crippen LogP contribution in [0.15, 0.2) is 60.9 Å². The molecule has 0 bridgehead atoms. The topological polar surface area (TPSA) is 32.3 Å². The second-order valence-electron chi connectivity index (χ2n) is 7.96. The number of hydrogen-bond donors (Lipinski definition) is 0. The quantitative estimate of drug-likeness (QED) is 0.370. The highest BCUT2D eigenvalue weighted by Crippen LogP contribution is 2.30. The van der Waals surface area contributed by atoms with E-state index in [1.807, 2.05) is 35.1 Å². The van der Waals surface area contributed by atoms with Crippen molar-refractivity contribution in [2.24, 2.45) is 0 Å². The zero-order valence-corrected chi connectivity index (χ0v) is 19.5. The van der Waals surface area contributed by atoms with Crippen molar-refractivity contribution >= 4 is 34.3 Å². The van der Waals surface area contributed by atoms with Gasteiger partial charge in [0.15, 0.2) is 0 Å². The molecule has 1 saturated heterocycles. The van der Waals surface area contributed by atoms with Crippen molar-refractivity contribution < 1.29 is 0 Å². The van der Waals surface area contributed by atoms with Crippen LogP contribution in [-0.2, 0) is 0 Å². The highest BCUT2D eigenvalue weighted by molar-refractivity contribution is 7.15. The van der Waals surface area contributed by atoms with Gasteiger partial charge in [0.25, 0.3) is 0 Å². The summed E-state index contributed by atoms with van der Waals surface area (Å²) in [5, 5.41) is 0. The summed E-state index contributed by atoms with van der Waals surface area (Å²) in [6.07, 6.45) is 5.12. The van der Waals surface area contributed by atoms with Crippen molar-refractivity contribution in [3.63, 3.8) is 0 Å². The second-order valence-corrected chi connectivity index (χ2v) is 10.5. The second kappa shape index (κ2) is 8.81. The van der Waals surface area contributed by atoms with Gasteiger partial charge in [-0.1, -0.05) is 0 Å². The number of anilines is 2. The molecule has 4 aromatic rings. The minimum absolute atomic E-state index is 0.956. The molecule has 0 spiro atoms. The van der Waals surface area contributed by atoms with Crippen LogP contribution in [0.2, 0.25) is 0 Å². The lowest BCUT2D eigenvalue weighted by Gasteiger charge is -2.23. The van der Waals surface area contributed by atoms with Crippen molar-refractivity contribution in [1.29, 1.82) is 0 Å². The van der Waals surface area contributed by atoms with Crippen molar-refractivity contribution in [2.45, 2.75) is 20.3 Å². The first kappa shape index (κ1) is 20.2. The van der Waals surface area contributed by atoms with Gasteiger partial charge in [-0.25, -0.2) is 9.97 Å². The summed E-state index contributed by atoms with van der Waals surface area (Å²) >= 11 is 3.64. The summed E-state index contributed by atoms with van der Waals surface area (Å²) in [5.41, 5.74) is 2.40. The van der Waals surface area contributed by atoms with Crippen molar-refractivity contribution in [1.82, 2.24) is 9.97 Å². The third kappa shape index (κ3) is 4.50. The molecule has 0 N–H and O–H groups in total. The molecular weight excluding hydrogens is 420 g/mol. The molecular formula is C25H26N4S2. The highest BCUT2D eigenvalue weighted by atomic mass is 32.1. The number of nitrogens with zero attached hydrogens (tertiary/aromatic N) is 4. The average molecular weight is 447 g/mol. The Morgan fingerprint density at radius 1 is 0.613 bits per heavy atom. The van der Waals surface area contributed by atoms with Crippen LogP contribution in [0.25, 0.3) is 20.9 Å². The van der Waals surface area contributed by atoms with Gasteiger partial charge in [-0.15, -0.1) is 22.7 Å². The maximum absolute atomic E-state index is 4.77. The van der Waals surface area contributed by atoms with E-state index in [0.29, 0.717) is 0 Å². The van der Waals surface area contributed by atoms with Crippen LogP contribution in [0.5, 0.6) is 0 Å². The summed E-state index contributed by atoms with van der Waals surface area (Å²) in [6, 6.07) is 17.4. The van der Waals surface area contributed by atoms with Gasteiger partial charge in [0.05, 0.1) is 0 Å². The largest absolute Gasteiger partial charge is 0.355 e. The number of aromatic nitrogens is 2. The van der Waals surface area contributed by atoms with Gasteiger partial charge in [-0.3, -0.25) is 0 Å². The molecule has 4 nitrogen and oxygen atoms in total. The van der Waals surface area contributed by atoms with Gasteiger partial charge in [0.1, 0.15) is 11.6 Å². The summed E-state index contributed by atoms with van der Waals surface area (Å²) in [6.45, 7) is 8.24. The van der Waals surface area contributed by atoms with E-state index in [9.17, 15) is 0 Å². The van der Waals surface area contributed by atoms with Crippen molar-refractivity contribution in [3.8, 4) is 20.9 Å². The van der Waals surface area contributed by atoms with E-state index in [-0.39, 0.29) is 0 Å². The number of rotatable bonds is 4. The number of pyridine rings is 2. The summed E-state index contributed by atoms with van der Waals surface area (Å²) in [5.74, 6) is 2.13. The van der Waals surface area contributed by atoms with E-state index in [0.717, 1.165) is 44.2 Å². The molecule has 0 unspecified atom stereocenters. The first-order valence-corrected chi connectivity index (χ1v) is 12.3. The molecule has 0 aromatic carbocycles. The number of aryl methyl sites for hydroxylation is 2. The Bertz CT molecular complexity index is 1050. The van der Waals surface area contributed by atoms with Crippen LogP contribution in [0, 0.1) is 13.8 Å². The summed E-state index contributed by atoms with van der Waals surface area (Å²) in [4.78, 5) is 19.6. The summed E-state index contributed by atoms with van der Waals surface area (Å²) in [7, 11) is 0. The maximum Gasteiger partial charge on any atom is 0.128 e. The van der Waals surface area contributed by atoms with Crippen LogP contribution in [0.3, 0.4) is 0 Å². The molecule has 0 atom stereocenters. The molecule has 6 heteroatoms. The van der Waals surface area contributed by atoms with Gasteiger partial charge in [0, 0.05) is 69.2 Å². The van der Waals surface area contributed by atoms with E-state index in [4.69, 9.17) is 9.97 Å². The van der Waals surface area contributed by atoms with Crippen LogP contribution >= 0.6 is 22.7 Å². The first-order valence-electron chi connectivity index (χ1n) is 10.7. The lowest BCUT2D eigenvalue weighted by Crippen LogP contribution is -2.31. The standard InChI is InChI=1S/C25H26N4S2/c1-18-4-8-22(30-18)20-6-10-24(26-16-20)28-12-3-13-29(15-14-28)25-11-7-21(17-27-25)23-9-5-19(2)31-23/h4-11,16-17H,3,12-15H2,1-2H3. The Kier molecular flexibility index (Phi) is 5.74. The molecule has 5 heterocycles. The molecule has 31 heavy (non-hydrogen) atoms. The van der Waals surface area contributed by atoms with Crippen molar-refractivity contribution in [3.05, 3.63) is 70.7 Å². The van der Waals surface area contributed by atoms with E-state index in [1.165, 1.54) is 30.6 Å². The van der Waals surface area contributed by atoms with Gasteiger partial charge in [0.2, 0.25) is 0 Å². The lowest BCUT2D eigenvalue weighted by atomic mass is 10.2. The van der Waals surface area contributed by atoms with Gasteiger partial charge in [-0.05, 0) is 68.8 Å². The molecule has 158 valence electrons. The molecule has 4 aromatic heterocycles. The van der Waals surface area contributed by atoms with Gasteiger partial charge in [-0.2, -0.15) is 0 Å². The third-order valence-corrected chi connectivity index (χ3v) is 7.79. The van der Waals surface area contributed by atoms with E-state index in [1.54, 1.807) is 0 Å². The molecule has 1 aliphatic heterocycles. The van der Waals surface area contributed by atoms with Crippen LogP contribution in [-0.4, -0.2) is 36.1 Å². The minimum atomic E-state index is 0.956. The fourth-order valence-electron chi connectivity index (χ4n) is 3.99. The Morgan fingerprint density at radius 3 is 1.45 bits per heavy atom. The Balaban J connectivity index is 1.25.